The Balaban J connectivity index is 1.57. The minimum atomic E-state index is -0.0647. The van der Waals surface area contributed by atoms with Gasteiger partial charge in [-0.1, -0.05) is 75.9 Å². The van der Waals surface area contributed by atoms with Crippen molar-refractivity contribution in [2.45, 2.75) is 96.3 Å². The summed E-state index contributed by atoms with van der Waals surface area (Å²) in [6.45, 7) is 4.38. The molecule has 3 saturated carbocycles. The Hall–Kier alpha value is -1.63. The number of hydrogen-bond acceptors (Lipinski definition) is 0. The van der Waals surface area contributed by atoms with E-state index >= 15 is 0 Å². The van der Waals surface area contributed by atoms with Crippen LogP contribution in [-0.4, -0.2) is 0 Å². The van der Waals surface area contributed by atoms with Crippen LogP contribution in [0.1, 0.15) is 95.6 Å². The first-order valence-electron chi connectivity index (χ1n) is 12.0. The quantitative estimate of drug-likeness (QED) is 0.394. The van der Waals surface area contributed by atoms with E-state index in [1.54, 1.807) is 6.07 Å². The summed E-state index contributed by atoms with van der Waals surface area (Å²) in [6, 6.07) is 14.5. The smallest absolute Gasteiger partial charge is 0.131 e. The van der Waals surface area contributed by atoms with E-state index in [-0.39, 0.29) is 11.2 Å². The number of aryl methyl sites for hydroxylation is 1. The summed E-state index contributed by atoms with van der Waals surface area (Å²) in [7, 11) is 0. The fraction of sp³-hybridized carbons (Fsp3) is 0.571. The zero-order chi connectivity index (χ0) is 20.3. The zero-order valence-corrected chi connectivity index (χ0v) is 18.4. The lowest BCUT2D eigenvalue weighted by Crippen LogP contribution is -2.44. The zero-order valence-electron chi connectivity index (χ0n) is 18.4. The lowest BCUT2D eigenvalue weighted by molar-refractivity contribution is 0.0307. The molecule has 0 aromatic heterocycles. The first-order chi connectivity index (χ1) is 14.1. The lowest BCUT2D eigenvalue weighted by atomic mass is 9.50. The molecule has 0 amide bonds. The van der Waals surface area contributed by atoms with Crippen molar-refractivity contribution in [3.8, 4) is 11.1 Å². The maximum Gasteiger partial charge on any atom is 0.131 e. The van der Waals surface area contributed by atoms with Gasteiger partial charge in [-0.05, 0) is 85.0 Å². The summed E-state index contributed by atoms with van der Waals surface area (Å²) >= 11 is 0. The van der Waals surface area contributed by atoms with Crippen molar-refractivity contribution >= 4 is 0 Å². The van der Waals surface area contributed by atoms with Crippen LogP contribution >= 0.6 is 0 Å². The van der Waals surface area contributed by atoms with E-state index in [2.05, 4.69) is 44.2 Å². The number of rotatable bonds is 8. The minimum absolute atomic E-state index is 0.0647. The molecule has 3 fully saturated rings. The number of benzene rings is 2. The van der Waals surface area contributed by atoms with Gasteiger partial charge in [0.15, 0.2) is 0 Å². The van der Waals surface area contributed by atoms with Gasteiger partial charge in [-0.15, -0.1) is 0 Å². The van der Waals surface area contributed by atoms with Crippen LogP contribution < -0.4 is 0 Å². The van der Waals surface area contributed by atoms with E-state index in [1.165, 1.54) is 76.2 Å². The molecule has 156 valence electrons. The van der Waals surface area contributed by atoms with Crippen molar-refractivity contribution in [3.63, 3.8) is 0 Å². The topological polar surface area (TPSA) is 0 Å². The van der Waals surface area contributed by atoms with Gasteiger partial charge in [-0.3, -0.25) is 0 Å². The summed E-state index contributed by atoms with van der Waals surface area (Å²) in [4.78, 5) is 0. The maximum atomic E-state index is 15.0. The molecule has 0 nitrogen and oxygen atoms in total. The average Bonchev–Trinajstić information content (AvgIpc) is 2.78. The van der Waals surface area contributed by atoms with E-state index in [9.17, 15) is 4.39 Å². The van der Waals surface area contributed by atoms with Crippen molar-refractivity contribution < 1.29 is 4.39 Å². The maximum absolute atomic E-state index is 15.0. The Labute approximate surface area is 176 Å². The molecule has 29 heavy (non-hydrogen) atoms. The molecule has 2 aromatic rings. The summed E-state index contributed by atoms with van der Waals surface area (Å²) in [6.07, 6.45) is 15.8. The number of hydrogen-bond donors (Lipinski definition) is 0. The van der Waals surface area contributed by atoms with Gasteiger partial charge in [0.1, 0.15) is 5.82 Å². The van der Waals surface area contributed by atoms with E-state index in [1.807, 2.05) is 6.07 Å². The van der Waals surface area contributed by atoms with Gasteiger partial charge in [0.25, 0.3) is 0 Å². The molecule has 0 unspecified atom stereocenters. The van der Waals surface area contributed by atoms with Crippen LogP contribution in [0.15, 0.2) is 42.5 Å². The molecule has 5 rings (SSSR count). The summed E-state index contributed by atoms with van der Waals surface area (Å²) in [5.41, 5.74) is 5.27. The van der Waals surface area contributed by atoms with Crippen molar-refractivity contribution in [1.82, 2.24) is 0 Å². The second-order valence-corrected chi connectivity index (χ2v) is 9.80. The van der Waals surface area contributed by atoms with Gasteiger partial charge in [0.05, 0.1) is 0 Å². The summed E-state index contributed by atoms with van der Waals surface area (Å²) in [5, 5.41) is 0. The third kappa shape index (κ3) is 4.03. The molecule has 0 aliphatic heterocycles. The molecule has 0 heterocycles. The predicted molar refractivity (Wildman–Crippen MR) is 122 cm³/mol. The van der Waals surface area contributed by atoms with E-state index in [0.29, 0.717) is 5.41 Å². The Kier molecular flexibility index (Phi) is 6.13. The molecule has 0 atom stereocenters. The van der Waals surface area contributed by atoms with Crippen molar-refractivity contribution in [3.05, 3.63) is 59.4 Å². The first kappa shape index (κ1) is 20.6. The molecule has 2 bridgehead atoms. The predicted octanol–water partition coefficient (Wildman–Crippen LogP) is 8.62. The second kappa shape index (κ2) is 8.62. The van der Waals surface area contributed by atoms with Gasteiger partial charge in [0, 0.05) is 5.56 Å². The molecule has 3 aliphatic carbocycles. The third-order valence-electron chi connectivity index (χ3n) is 8.19. The SMILES string of the molecule is CCCCCCC12CCC(c3ccccc3-c3ccc(CC)cc3F)(CC1)CC2. The number of fused-ring (bicyclic) bond motifs is 3. The van der Waals surface area contributed by atoms with Crippen molar-refractivity contribution in [2.24, 2.45) is 5.41 Å². The Morgan fingerprint density at radius 2 is 1.52 bits per heavy atom. The van der Waals surface area contributed by atoms with Crippen molar-refractivity contribution in [2.75, 3.05) is 0 Å². The number of unbranched alkanes of at least 4 members (excludes halogenated alkanes) is 3. The van der Waals surface area contributed by atoms with Gasteiger partial charge in [0.2, 0.25) is 0 Å². The highest BCUT2D eigenvalue weighted by Gasteiger charge is 2.49. The van der Waals surface area contributed by atoms with Gasteiger partial charge in [-0.2, -0.15) is 0 Å². The molecule has 3 aliphatic rings. The van der Waals surface area contributed by atoms with Crippen LogP contribution in [0.3, 0.4) is 0 Å². The lowest BCUT2D eigenvalue weighted by Gasteiger charge is -2.54. The average molecular weight is 393 g/mol. The Bertz CT molecular complexity index is 809. The Morgan fingerprint density at radius 3 is 2.17 bits per heavy atom. The van der Waals surface area contributed by atoms with Crippen LogP contribution in [0.4, 0.5) is 4.39 Å². The van der Waals surface area contributed by atoms with Crippen LogP contribution in [0, 0.1) is 11.2 Å². The van der Waals surface area contributed by atoms with Crippen LogP contribution in [-0.2, 0) is 11.8 Å². The van der Waals surface area contributed by atoms with E-state index < -0.39 is 0 Å². The summed E-state index contributed by atoms with van der Waals surface area (Å²) < 4.78 is 15.0. The molecule has 2 aromatic carbocycles. The molecular weight excluding hydrogens is 355 g/mol. The second-order valence-electron chi connectivity index (χ2n) is 9.80. The van der Waals surface area contributed by atoms with Crippen LogP contribution in [0.25, 0.3) is 11.1 Å². The normalized spacial score (nSPS) is 26.0. The van der Waals surface area contributed by atoms with Crippen LogP contribution in [0.5, 0.6) is 0 Å². The highest BCUT2D eigenvalue weighted by Crippen LogP contribution is 2.60. The van der Waals surface area contributed by atoms with Crippen LogP contribution in [0.2, 0.25) is 0 Å². The molecule has 1 heteroatoms. The molecule has 0 radical (unpaired) electrons. The molecule has 0 N–H and O–H groups in total. The monoisotopic (exact) mass is 392 g/mol. The fourth-order valence-electron chi connectivity index (χ4n) is 6.15. The Morgan fingerprint density at radius 1 is 0.793 bits per heavy atom. The molecular formula is C28H37F. The van der Waals surface area contributed by atoms with Crippen molar-refractivity contribution in [1.29, 1.82) is 0 Å². The van der Waals surface area contributed by atoms with Gasteiger partial charge < -0.3 is 0 Å². The van der Waals surface area contributed by atoms with Gasteiger partial charge in [-0.25, -0.2) is 4.39 Å². The third-order valence-corrected chi connectivity index (χ3v) is 8.19. The molecule has 0 saturated heterocycles. The number of halogens is 1. The highest BCUT2D eigenvalue weighted by atomic mass is 19.1. The summed E-state index contributed by atoms with van der Waals surface area (Å²) in [5.74, 6) is -0.0647. The highest BCUT2D eigenvalue weighted by molar-refractivity contribution is 5.70. The first-order valence-corrected chi connectivity index (χ1v) is 12.0. The van der Waals surface area contributed by atoms with E-state index in [4.69, 9.17) is 0 Å². The fourth-order valence-corrected chi connectivity index (χ4v) is 6.15. The molecule has 0 spiro atoms. The van der Waals surface area contributed by atoms with E-state index in [0.717, 1.165) is 23.1 Å². The largest absolute Gasteiger partial charge is 0.206 e. The minimum Gasteiger partial charge on any atom is -0.206 e. The van der Waals surface area contributed by atoms with Gasteiger partial charge >= 0.3 is 0 Å². The standard InChI is InChI=1S/C28H37F/c1-3-5-6-9-14-27-15-18-28(19-16-27,20-17-27)25-11-8-7-10-23(25)24-13-12-22(4-2)21-26(24)29/h7-8,10-13,21H,3-6,9,14-20H2,1-2H3.